The summed E-state index contributed by atoms with van der Waals surface area (Å²) in [5.74, 6) is 0.537. The number of fused-ring (bicyclic) bond motifs is 2. The fourth-order valence-corrected chi connectivity index (χ4v) is 3.02. The van der Waals surface area contributed by atoms with Crippen molar-refractivity contribution < 1.29 is 14.3 Å². The summed E-state index contributed by atoms with van der Waals surface area (Å²) >= 11 is 0. The van der Waals surface area contributed by atoms with Gasteiger partial charge in [0.2, 0.25) is 0 Å². The molecular weight excluding hydrogens is 306 g/mol. The van der Waals surface area contributed by atoms with Crippen LogP contribution < -0.4 is 9.64 Å². The molecule has 3 aromatic rings. The van der Waals surface area contributed by atoms with Crippen LogP contribution in [0.1, 0.15) is 16.2 Å². The molecule has 0 N–H and O–H groups in total. The van der Waals surface area contributed by atoms with E-state index in [1.807, 2.05) is 41.7 Å². The van der Waals surface area contributed by atoms with E-state index in [0.717, 1.165) is 17.5 Å². The Bertz CT molecular complexity index is 991. The first kappa shape index (κ1) is 14.4. The van der Waals surface area contributed by atoms with Crippen LogP contribution in [0.15, 0.2) is 36.4 Å². The van der Waals surface area contributed by atoms with E-state index >= 15 is 0 Å². The second kappa shape index (κ2) is 5.19. The molecule has 0 saturated heterocycles. The van der Waals surface area contributed by atoms with E-state index in [2.05, 4.69) is 4.98 Å². The minimum absolute atomic E-state index is 0.0377. The first-order valence-electron chi connectivity index (χ1n) is 7.57. The fourth-order valence-electron chi connectivity index (χ4n) is 3.02. The van der Waals surface area contributed by atoms with Gasteiger partial charge in [0.1, 0.15) is 22.8 Å². The van der Waals surface area contributed by atoms with Gasteiger partial charge < -0.3 is 9.64 Å². The van der Waals surface area contributed by atoms with Crippen LogP contribution in [-0.2, 0) is 4.79 Å². The van der Waals surface area contributed by atoms with Crippen molar-refractivity contribution in [3.05, 3.63) is 47.8 Å². The third kappa shape index (κ3) is 2.00. The predicted molar refractivity (Wildman–Crippen MR) is 89.7 cm³/mol. The number of rotatable bonds is 2. The van der Waals surface area contributed by atoms with Gasteiger partial charge in [0, 0.05) is 18.3 Å². The van der Waals surface area contributed by atoms with E-state index in [4.69, 9.17) is 4.74 Å². The number of carbonyl (C=O) groups is 2. The van der Waals surface area contributed by atoms with Crippen LogP contribution in [0.4, 0.5) is 5.69 Å². The second-order valence-electron chi connectivity index (χ2n) is 5.75. The molecule has 0 bridgehead atoms. The zero-order valence-electron chi connectivity index (χ0n) is 13.3. The van der Waals surface area contributed by atoms with Crippen molar-refractivity contribution in [1.29, 1.82) is 0 Å². The number of hydrogen-bond donors (Lipinski definition) is 0. The summed E-state index contributed by atoms with van der Waals surface area (Å²) in [4.78, 5) is 29.7. The quantitative estimate of drug-likeness (QED) is 0.680. The third-order valence-electron chi connectivity index (χ3n) is 4.31. The maximum absolute atomic E-state index is 11.8. The molecule has 1 aliphatic heterocycles. The lowest BCUT2D eigenvalue weighted by Crippen LogP contribution is -2.35. The maximum Gasteiger partial charge on any atom is 0.264 e. The normalized spacial score (nSPS) is 13.8. The van der Waals surface area contributed by atoms with Gasteiger partial charge in [0.15, 0.2) is 12.9 Å². The predicted octanol–water partition coefficient (Wildman–Crippen LogP) is 2.48. The van der Waals surface area contributed by atoms with Gasteiger partial charge in [-0.15, -0.1) is 0 Å². The highest BCUT2D eigenvalue weighted by atomic mass is 16.5. The number of nitrogens with zero attached hydrogens (tertiary/aromatic N) is 3. The van der Waals surface area contributed by atoms with Gasteiger partial charge >= 0.3 is 0 Å². The Hall–Kier alpha value is -3.15. The average molecular weight is 321 g/mol. The molecule has 0 spiro atoms. The largest absolute Gasteiger partial charge is 0.482 e. The van der Waals surface area contributed by atoms with Crippen molar-refractivity contribution in [3.63, 3.8) is 0 Å². The summed E-state index contributed by atoms with van der Waals surface area (Å²) in [5.41, 5.74) is 4.17. The molecule has 1 aliphatic rings. The Morgan fingerprint density at radius 1 is 1.25 bits per heavy atom. The van der Waals surface area contributed by atoms with Gasteiger partial charge in [-0.05, 0) is 37.3 Å². The molecule has 0 saturated carbocycles. The molecule has 0 atom stereocenters. The summed E-state index contributed by atoms with van der Waals surface area (Å²) in [7, 11) is 1.71. The topological polar surface area (TPSA) is 63.9 Å². The van der Waals surface area contributed by atoms with Gasteiger partial charge in [-0.25, -0.2) is 4.98 Å². The number of amides is 1. The number of anilines is 1. The third-order valence-corrected chi connectivity index (χ3v) is 4.31. The van der Waals surface area contributed by atoms with Crippen LogP contribution in [0.2, 0.25) is 0 Å². The lowest BCUT2D eigenvalue weighted by molar-refractivity contribution is -0.120. The van der Waals surface area contributed by atoms with Gasteiger partial charge in [-0.3, -0.25) is 14.0 Å². The minimum Gasteiger partial charge on any atom is -0.482 e. The summed E-state index contributed by atoms with van der Waals surface area (Å²) in [6, 6.07) is 11.2. The number of aromatic nitrogens is 2. The number of aldehydes is 1. The summed E-state index contributed by atoms with van der Waals surface area (Å²) in [6.07, 6.45) is 0.813. The molecule has 1 amide bonds. The van der Waals surface area contributed by atoms with Crippen LogP contribution in [0.3, 0.4) is 0 Å². The number of benzene rings is 1. The monoisotopic (exact) mass is 321 g/mol. The highest BCUT2D eigenvalue weighted by Crippen LogP contribution is 2.36. The van der Waals surface area contributed by atoms with Crippen LogP contribution in [0.25, 0.3) is 16.9 Å². The maximum atomic E-state index is 11.8. The number of imidazole rings is 1. The number of pyridine rings is 1. The van der Waals surface area contributed by atoms with Gasteiger partial charge in [-0.1, -0.05) is 6.07 Å². The molecule has 0 fully saturated rings. The summed E-state index contributed by atoms with van der Waals surface area (Å²) in [5, 5.41) is 0. The Morgan fingerprint density at radius 2 is 2.08 bits per heavy atom. The molecule has 4 rings (SSSR count). The zero-order valence-corrected chi connectivity index (χ0v) is 13.3. The fraction of sp³-hybridized carbons (Fsp3) is 0.167. The van der Waals surface area contributed by atoms with Crippen LogP contribution in [0.5, 0.6) is 5.75 Å². The molecule has 0 aliphatic carbocycles. The molecule has 6 nitrogen and oxygen atoms in total. The van der Waals surface area contributed by atoms with Crippen molar-refractivity contribution in [2.24, 2.45) is 0 Å². The second-order valence-corrected chi connectivity index (χ2v) is 5.75. The van der Waals surface area contributed by atoms with E-state index in [-0.39, 0.29) is 12.5 Å². The summed E-state index contributed by atoms with van der Waals surface area (Å²) in [6.45, 7) is 1.97. The van der Waals surface area contributed by atoms with E-state index in [9.17, 15) is 9.59 Å². The molecule has 0 radical (unpaired) electrons. The number of ether oxygens (including phenoxy) is 1. The lowest BCUT2D eigenvalue weighted by Gasteiger charge is -2.26. The van der Waals surface area contributed by atoms with Crippen LogP contribution in [-0.4, -0.2) is 35.2 Å². The molecule has 0 unspecified atom stereocenters. The summed E-state index contributed by atoms with van der Waals surface area (Å²) < 4.78 is 7.27. The van der Waals surface area contributed by atoms with E-state index in [0.29, 0.717) is 28.5 Å². The molecular formula is C18H15N3O3. The number of hydrogen-bond acceptors (Lipinski definition) is 4. The molecule has 24 heavy (non-hydrogen) atoms. The van der Waals surface area contributed by atoms with Crippen LogP contribution in [0, 0.1) is 6.92 Å². The number of likely N-dealkylation sites (N-methyl/N-ethyl adjacent to an activating group) is 1. The lowest BCUT2D eigenvalue weighted by atomic mass is 10.1. The highest BCUT2D eigenvalue weighted by molar-refractivity contribution is 5.98. The Labute approximate surface area is 138 Å². The van der Waals surface area contributed by atoms with E-state index in [1.54, 1.807) is 18.0 Å². The van der Waals surface area contributed by atoms with Gasteiger partial charge in [0.05, 0.1) is 5.69 Å². The molecule has 1 aromatic carbocycles. The van der Waals surface area contributed by atoms with Gasteiger partial charge in [0.25, 0.3) is 5.91 Å². The Balaban J connectivity index is 1.94. The van der Waals surface area contributed by atoms with Crippen molar-refractivity contribution >= 4 is 23.5 Å². The Morgan fingerprint density at radius 3 is 2.88 bits per heavy atom. The Kier molecular flexibility index (Phi) is 3.13. The first-order chi connectivity index (χ1) is 11.6. The number of carbonyl (C=O) groups excluding carboxylic acids is 2. The van der Waals surface area contributed by atoms with Crippen molar-refractivity contribution in [3.8, 4) is 17.0 Å². The van der Waals surface area contributed by atoms with E-state index < -0.39 is 0 Å². The first-order valence-corrected chi connectivity index (χ1v) is 7.57. The SMILES string of the molecule is Cc1cccc2nc(-c3ccc4c(c3)N(C)C(=O)CO4)c(C=O)n12. The van der Waals surface area contributed by atoms with Crippen LogP contribution >= 0.6 is 0 Å². The molecule has 3 heterocycles. The van der Waals surface area contributed by atoms with Gasteiger partial charge in [-0.2, -0.15) is 0 Å². The van der Waals surface area contributed by atoms with Crippen molar-refractivity contribution in [1.82, 2.24) is 9.38 Å². The van der Waals surface area contributed by atoms with Crippen molar-refractivity contribution in [2.75, 3.05) is 18.6 Å². The zero-order chi connectivity index (χ0) is 16.8. The molecule has 2 aromatic heterocycles. The highest BCUT2D eigenvalue weighted by Gasteiger charge is 2.24. The van der Waals surface area contributed by atoms with Crippen molar-refractivity contribution in [2.45, 2.75) is 6.92 Å². The molecule has 6 heteroatoms. The smallest absolute Gasteiger partial charge is 0.264 e. The number of aryl methyl sites for hydroxylation is 1. The average Bonchev–Trinajstić information content (AvgIpc) is 2.98. The minimum atomic E-state index is -0.110. The van der Waals surface area contributed by atoms with E-state index in [1.165, 1.54) is 0 Å². The molecule has 120 valence electrons. The standard InChI is InChI=1S/C18H15N3O3/c1-11-4-3-5-16-19-18(14(9-22)21(11)16)12-6-7-15-13(8-12)20(2)17(23)10-24-15/h3-9H,10H2,1-2H3.